The van der Waals surface area contributed by atoms with Gasteiger partial charge in [-0.25, -0.2) is 0 Å². The fraction of sp³-hybridized carbons (Fsp3) is 0.562. The van der Waals surface area contributed by atoms with Gasteiger partial charge in [-0.2, -0.15) is 0 Å². The molecule has 1 aromatic rings. The van der Waals surface area contributed by atoms with Crippen molar-refractivity contribution >= 4 is 18.3 Å². The second kappa shape index (κ2) is 9.03. The van der Waals surface area contributed by atoms with E-state index in [9.17, 15) is 4.79 Å². The van der Waals surface area contributed by atoms with E-state index < -0.39 is 6.10 Å². The van der Waals surface area contributed by atoms with Crippen LogP contribution in [0.15, 0.2) is 30.3 Å². The van der Waals surface area contributed by atoms with Crippen LogP contribution in [0, 0.1) is 0 Å². The third-order valence-electron chi connectivity index (χ3n) is 3.79. The largest absolute Gasteiger partial charge is 0.364 e. The van der Waals surface area contributed by atoms with E-state index >= 15 is 0 Å². The first-order valence-corrected chi connectivity index (χ1v) is 7.43. The van der Waals surface area contributed by atoms with E-state index in [0.29, 0.717) is 12.6 Å². The lowest BCUT2D eigenvalue weighted by molar-refractivity contribution is -0.134. The van der Waals surface area contributed by atoms with Crippen LogP contribution in [0.3, 0.4) is 0 Å². The molecule has 1 unspecified atom stereocenters. The van der Waals surface area contributed by atoms with Crippen molar-refractivity contribution < 1.29 is 9.53 Å². The second-order valence-corrected chi connectivity index (χ2v) is 5.37. The minimum absolute atomic E-state index is 0. The van der Waals surface area contributed by atoms with Gasteiger partial charge in [-0.05, 0) is 38.2 Å². The summed E-state index contributed by atoms with van der Waals surface area (Å²) < 4.78 is 5.62. The molecule has 4 nitrogen and oxygen atoms in total. The normalized spacial score (nSPS) is 23.0. The SMILES string of the molecule is CCOC(C(=O)NC1CCC(N)CC1)c1ccccc1.Cl. The molecule has 0 bridgehead atoms. The van der Waals surface area contributed by atoms with E-state index in [1.807, 2.05) is 37.3 Å². The van der Waals surface area contributed by atoms with Crippen LogP contribution in [0.2, 0.25) is 0 Å². The molecule has 0 aliphatic heterocycles. The van der Waals surface area contributed by atoms with E-state index in [0.717, 1.165) is 31.2 Å². The first-order chi connectivity index (χ1) is 9.70. The number of nitrogens with one attached hydrogen (secondary N) is 1. The lowest BCUT2D eigenvalue weighted by Gasteiger charge is -2.28. The van der Waals surface area contributed by atoms with Crippen molar-refractivity contribution in [3.05, 3.63) is 35.9 Å². The van der Waals surface area contributed by atoms with Crippen molar-refractivity contribution in [3.63, 3.8) is 0 Å². The van der Waals surface area contributed by atoms with Crippen molar-refractivity contribution in [2.24, 2.45) is 5.73 Å². The third-order valence-corrected chi connectivity index (χ3v) is 3.79. The fourth-order valence-corrected chi connectivity index (χ4v) is 2.66. The Morgan fingerprint density at radius 2 is 1.90 bits per heavy atom. The lowest BCUT2D eigenvalue weighted by Crippen LogP contribution is -2.42. The van der Waals surface area contributed by atoms with E-state index in [-0.39, 0.29) is 24.4 Å². The van der Waals surface area contributed by atoms with Crippen LogP contribution in [0.4, 0.5) is 0 Å². The number of amides is 1. The predicted molar refractivity (Wildman–Crippen MR) is 86.4 cm³/mol. The highest BCUT2D eigenvalue weighted by atomic mass is 35.5. The molecule has 118 valence electrons. The minimum atomic E-state index is -0.517. The quantitative estimate of drug-likeness (QED) is 0.878. The van der Waals surface area contributed by atoms with Crippen molar-refractivity contribution in [2.75, 3.05) is 6.61 Å². The van der Waals surface area contributed by atoms with E-state index in [4.69, 9.17) is 10.5 Å². The number of hydrogen-bond donors (Lipinski definition) is 2. The van der Waals surface area contributed by atoms with Crippen molar-refractivity contribution in [2.45, 2.75) is 50.8 Å². The van der Waals surface area contributed by atoms with Gasteiger partial charge in [0.2, 0.25) is 0 Å². The van der Waals surface area contributed by atoms with Gasteiger partial charge >= 0.3 is 0 Å². The Bertz CT molecular complexity index is 420. The molecule has 5 heteroatoms. The Morgan fingerprint density at radius 3 is 2.48 bits per heavy atom. The third kappa shape index (κ3) is 5.30. The van der Waals surface area contributed by atoms with Gasteiger partial charge in [0.1, 0.15) is 0 Å². The zero-order chi connectivity index (χ0) is 14.4. The molecule has 0 aromatic heterocycles. The number of hydrogen-bond acceptors (Lipinski definition) is 3. The van der Waals surface area contributed by atoms with Gasteiger partial charge in [0.05, 0.1) is 0 Å². The number of ether oxygens (including phenoxy) is 1. The lowest BCUT2D eigenvalue weighted by atomic mass is 9.91. The summed E-state index contributed by atoms with van der Waals surface area (Å²) in [5.74, 6) is -0.0430. The monoisotopic (exact) mass is 312 g/mol. The highest BCUT2D eigenvalue weighted by Gasteiger charge is 2.25. The molecular formula is C16H25ClN2O2. The molecule has 0 spiro atoms. The number of benzene rings is 1. The topological polar surface area (TPSA) is 64.3 Å². The van der Waals surface area contributed by atoms with Gasteiger partial charge < -0.3 is 15.8 Å². The number of rotatable bonds is 5. The summed E-state index contributed by atoms with van der Waals surface area (Å²) in [6.45, 7) is 2.42. The van der Waals surface area contributed by atoms with Gasteiger partial charge in [-0.1, -0.05) is 30.3 Å². The first-order valence-electron chi connectivity index (χ1n) is 7.43. The molecule has 0 saturated heterocycles. The number of halogens is 1. The molecule has 0 heterocycles. The van der Waals surface area contributed by atoms with E-state index in [2.05, 4.69) is 5.32 Å². The molecule has 1 amide bonds. The molecule has 0 radical (unpaired) electrons. The molecule has 1 saturated carbocycles. The zero-order valence-corrected chi connectivity index (χ0v) is 13.3. The summed E-state index contributed by atoms with van der Waals surface area (Å²) in [4.78, 5) is 12.4. The van der Waals surface area contributed by atoms with Gasteiger partial charge in [0, 0.05) is 18.7 Å². The maximum atomic E-state index is 12.4. The highest BCUT2D eigenvalue weighted by molar-refractivity contribution is 5.85. The minimum Gasteiger partial charge on any atom is -0.364 e. The summed E-state index contributed by atoms with van der Waals surface area (Å²) in [5.41, 5.74) is 6.79. The smallest absolute Gasteiger partial charge is 0.253 e. The molecule has 1 aliphatic carbocycles. The first kappa shape index (κ1) is 18.0. The summed E-state index contributed by atoms with van der Waals surface area (Å²) >= 11 is 0. The van der Waals surface area contributed by atoms with Crippen LogP contribution in [-0.2, 0) is 9.53 Å². The Balaban J connectivity index is 0.00000220. The van der Waals surface area contributed by atoms with Crippen LogP contribution in [-0.4, -0.2) is 24.6 Å². The van der Waals surface area contributed by atoms with Crippen molar-refractivity contribution in [1.29, 1.82) is 0 Å². The Morgan fingerprint density at radius 1 is 1.29 bits per heavy atom. The fourth-order valence-electron chi connectivity index (χ4n) is 2.66. The number of nitrogens with two attached hydrogens (primary N) is 1. The molecule has 1 aromatic carbocycles. The molecule has 2 rings (SSSR count). The Labute approximate surface area is 132 Å². The number of carbonyl (C=O) groups is 1. The van der Waals surface area contributed by atoms with Gasteiger partial charge in [-0.15, -0.1) is 12.4 Å². The van der Waals surface area contributed by atoms with Crippen LogP contribution in [0.5, 0.6) is 0 Å². The van der Waals surface area contributed by atoms with Crippen LogP contribution in [0.25, 0.3) is 0 Å². The Kier molecular flexibility index (Phi) is 7.72. The summed E-state index contributed by atoms with van der Waals surface area (Å²) in [6.07, 6.45) is 3.36. The molecular weight excluding hydrogens is 288 g/mol. The van der Waals surface area contributed by atoms with Crippen LogP contribution in [0.1, 0.15) is 44.3 Å². The molecule has 1 aliphatic rings. The van der Waals surface area contributed by atoms with Crippen molar-refractivity contribution in [1.82, 2.24) is 5.32 Å². The summed E-state index contributed by atoms with van der Waals surface area (Å²) in [5, 5.41) is 3.10. The summed E-state index contributed by atoms with van der Waals surface area (Å²) in [6, 6.07) is 10.2. The second-order valence-electron chi connectivity index (χ2n) is 5.37. The highest BCUT2D eigenvalue weighted by Crippen LogP contribution is 2.21. The summed E-state index contributed by atoms with van der Waals surface area (Å²) in [7, 11) is 0. The number of carbonyl (C=O) groups excluding carboxylic acids is 1. The van der Waals surface area contributed by atoms with Gasteiger partial charge in [0.15, 0.2) is 6.10 Å². The standard InChI is InChI=1S/C16H24N2O2.ClH/c1-2-20-15(12-6-4-3-5-7-12)16(19)18-14-10-8-13(17)9-11-14;/h3-7,13-15H,2,8-11,17H2,1H3,(H,18,19);1H. The van der Waals surface area contributed by atoms with E-state index in [1.54, 1.807) is 0 Å². The molecule has 21 heavy (non-hydrogen) atoms. The molecule has 3 N–H and O–H groups in total. The van der Waals surface area contributed by atoms with Gasteiger partial charge in [-0.3, -0.25) is 4.79 Å². The maximum absolute atomic E-state index is 12.4. The van der Waals surface area contributed by atoms with Crippen molar-refractivity contribution in [3.8, 4) is 0 Å². The maximum Gasteiger partial charge on any atom is 0.253 e. The van der Waals surface area contributed by atoms with E-state index in [1.165, 1.54) is 0 Å². The average Bonchev–Trinajstić information content (AvgIpc) is 2.48. The predicted octanol–water partition coefficient (Wildman–Crippen LogP) is 2.57. The van der Waals surface area contributed by atoms with Crippen LogP contribution >= 0.6 is 12.4 Å². The molecule has 1 atom stereocenters. The average molecular weight is 313 g/mol. The molecule has 1 fully saturated rings. The van der Waals surface area contributed by atoms with Crippen LogP contribution < -0.4 is 11.1 Å². The van der Waals surface area contributed by atoms with Gasteiger partial charge in [0.25, 0.3) is 5.91 Å². The Hall–Kier alpha value is -1.10. The zero-order valence-electron chi connectivity index (χ0n) is 12.5.